The predicted molar refractivity (Wildman–Crippen MR) is 119 cm³/mol. The Morgan fingerprint density at radius 1 is 0.871 bits per heavy atom. The molecule has 31 heavy (non-hydrogen) atoms. The first-order chi connectivity index (χ1) is 15.2. The van der Waals surface area contributed by atoms with Crippen molar-refractivity contribution < 1.29 is 9.66 Å². The van der Waals surface area contributed by atoms with E-state index in [0.29, 0.717) is 5.56 Å². The number of nitro groups is 1. The van der Waals surface area contributed by atoms with Crippen LogP contribution in [-0.2, 0) is 6.42 Å². The van der Waals surface area contributed by atoms with E-state index in [1.165, 1.54) is 5.56 Å². The van der Waals surface area contributed by atoms with Gasteiger partial charge in [-0.25, -0.2) is 0 Å². The van der Waals surface area contributed by atoms with Gasteiger partial charge in [0, 0.05) is 23.7 Å². The lowest BCUT2D eigenvalue weighted by atomic mass is 9.86. The summed E-state index contributed by atoms with van der Waals surface area (Å²) < 4.78 is 6.58. The van der Waals surface area contributed by atoms with Crippen LogP contribution in [0, 0.1) is 10.1 Å². The fourth-order valence-electron chi connectivity index (χ4n) is 5.11. The summed E-state index contributed by atoms with van der Waals surface area (Å²) in [6, 6.07) is 27.4. The lowest BCUT2D eigenvalue weighted by molar-refractivity contribution is -0.386. The fraction of sp³-hybridized carbons (Fsp3) is 0.154. The SMILES string of the molecule is O=[N+]([O-])c1ccccc1[C@@H]1c2c(ccc3ccccc23)O[C@H]2c3ccccc3CCN12. The number of ether oxygens (including phenoxy) is 1. The lowest BCUT2D eigenvalue weighted by Crippen LogP contribution is -2.44. The zero-order valence-electron chi connectivity index (χ0n) is 16.8. The smallest absolute Gasteiger partial charge is 0.274 e. The summed E-state index contributed by atoms with van der Waals surface area (Å²) in [5, 5.41) is 14.1. The summed E-state index contributed by atoms with van der Waals surface area (Å²) in [5.74, 6) is 0.791. The largest absolute Gasteiger partial charge is 0.470 e. The molecule has 4 aromatic rings. The third-order valence-electron chi connectivity index (χ3n) is 6.46. The fourth-order valence-corrected chi connectivity index (χ4v) is 5.11. The number of rotatable bonds is 2. The average Bonchev–Trinajstić information content (AvgIpc) is 2.82. The maximum Gasteiger partial charge on any atom is 0.274 e. The first kappa shape index (κ1) is 18.1. The van der Waals surface area contributed by atoms with E-state index in [1.54, 1.807) is 12.1 Å². The molecule has 5 heteroatoms. The zero-order valence-corrected chi connectivity index (χ0v) is 16.8. The van der Waals surface area contributed by atoms with Crippen molar-refractivity contribution in [2.24, 2.45) is 0 Å². The van der Waals surface area contributed by atoms with Gasteiger partial charge in [-0.15, -0.1) is 0 Å². The number of nitro benzene ring substituents is 1. The second-order valence-corrected chi connectivity index (χ2v) is 8.07. The molecule has 0 saturated carbocycles. The van der Waals surface area contributed by atoms with Crippen LogP contribution in [0.4, 0.5) is 5.69 Å². The molecule has 0 spiro atoms. The van der Waals surface area contributed by atoms with E-state index >= 15 is 0 Å². The van der Waals surface area contributed by atoms with Gasteiger partial charge in [0.05, 0.1) is 16.5 Å². The number of fused-ring (bicyclic) bond motifs is 6. The van der Waals surface area contributed by atoms with Crippen LogP contribution in [0.2, 0.25) is 0 Å². The molecule has 0 fully saturated rings. The third-order valence-corrected chi connectivity index (χ3v) is 6.46. The molecule has 0 saturated heterocycles. The Balaban J connectivity index is 1.65. The minimum Gasteiger partial charge on any atom is -0.470 e. The number of para-hydroxylation sites is 1. The van der Waals surface area contributed by atoms with E-state index in [4.69, 9.17) is 4.74 Å². The van der Waals surface area contributed by atoms with Gasteiger partial charge >= 0.3 is 0 Å². The van der Waals surface area contributed by atoms with Gasteiger partial charge in [-0.3, -0.25) is 15.0 Å². The first-order valence-corrected chi connectivity index (χ1v) is 10.5. The Kier molecular flexibility index (Phi) is 4.04. The van der Waals surface area contributed by atoms with Crippen LogP contribution < -0.4 is 4.74 Å². The third kappa shape index (κ3) is 2.74. The van der Waals surface area contributed by atoms with Gasteiger partial charge in [-0.1, -0.05) is 72.8 Å². The van der Waals surface area contributed by atoms with Crippen LogP contribution in [0.5, 0.6) is 5.75 Å². The number of hydrogen-bond donors (Lipinski definition) is 0. The van der Waals surface area contributed by atoms with Crippen molar-refractivity contribution in [1.29, 1.82) is 0 Å². The molecular weight excluding hydrogens is 388 g/mol. The highest BCUT2D eigenvalue weighted by atomic mass is 16.6. The standard InChI is InChI=1S/C26H20N2O3/c29-28(30)22-12-6-5-11-21(22)25-24-19-9-3-1-7-17(19)13-14-23(24)31-26-20-10-4-2-8-18(20)15-16-27(25)26/h1-14,25-26H,15-16H2/t25-,26+/m1/s1. The van der Waals surface area contributed by atoms with Gasteiger partial charge in [-0.05, 0) is 28.8 Å². The number of nitrogens with zero attached hydrogens (tertiary/aromatic N) is 2. The quantitative estimate of drug-likeness (QED) is 0.311. The van der Waals surface area contributed by atoms with Crippen molar-refractivity contribution in [3.63, 3.8) is 0 Å². The number of hydrogen-bond acceptors (Lipinski definition) is 4. The van der Waals surface area contributed by atoms with Crippen molar-refractivity contribution >= 4 is 16.5 Å². The summed E-state index contributed by atoms with van der Waals surface area (Å²) in [6.45, 7) is 0.765. The highest BCUT2D eigenvalue weighted by molar-refractivity contribution is 5.89. The molecule has 0 unspecified atom stereocenters. The van der Waals surface area contributed by atoms with E-state index in [0.717, 1.165) is 40.6 Å². The molecule has 2 heterocycles. The molecule has 2 atom stereocenters. The van der Waals surface area contributed by atoms with Gasteiger partial charge in [0.1, 0.15) is 5.75 Å². The van der Waals surface area contributed by atoms with Crippen LogP contribution in [0.1, 0.15) is 34.5 Å². The average molecular weight is 408 g/mol. The summed E-state index contributed by atoms with van der Waals surface area (Å²) in [6.07, 6.45) is 0.608. The highest BCUT2D eigenvalue weighted by Crippen LogP contribution is 2.51. The molecule has 4 aromatic carbocycles. The van der Waals surface area contributed by atoms with Crippen molar-refractivity contribution in [3.8, 4) is 5.75 Å². The minimum absolute atomic E-state index is 0.144. The topological polar surface area (TPSA) is 55.6 Å². The molecule has 152 valence electrons. The van der Waals surface area contributed by atoms with Crippen LogP contribution >= 0.6 is 0 Å². The van der Waals surface area contributed by atoms with Crippen LogP contribution in [0.3, 0.4) is 0 Å². The molecule has 2 aliphatic heterocycles. The van der Waals surface area contributed by atoms with Crippen molar-refractivity contribution in [2.75, 3.05) is 6.54 Å². The maximum absolute atomic E-state index is 12.0. The predicted octanol–water partition coefficient (Wildman–Crippen LogP) is 5.79. The van der Waals surface area contributed by atoms with E-state index in [9.17, 15) is 10.1 Å². The van der Waals surface area contributed by atoms with Crippen LogP contribution in [0.25, 0.3) is 10.8 Å². The molecule has 5 nitrogen and oxygen atoms in total. The first-order valence-electron chi connectivity index (χ1n) is 10.5. The van der Waals surface area contributed by atoms with Crippen molar-refractivity contribution in [3.05, 3.63) is 117 Å². The van der Waals surface area contributed by atoms with E-state index < -0.39 is 0 Å². The molecule has 0 N–H and O–H groups in total. The summed E-state index contributed by atoms with van der Waals surface area (Å²) >= 11 is 0. The maximum atomic E-state index is 12.0. The molecule has 2 aliphatic rings. The summed E-state index contributed by atoms with van der Waals surface area (Å²) in [4.78, 5) is 14.0. The minimum atomic E-state index is -0.275. The second kappa shape index (κ2) is 6.93. The Morgan fingerprint density at radius 3 is 2.48 bits per heavy atom. The monoisotopic (exact) mass is 408 g/mol. The molecule has 0 amide bonds. The van der Waals surface area contributed by atoms with Gasteiger partial charge in [-0.2, -0.15) is 0 Å². The number of benzene rings is 4. The molecule has 0 aromatic heterocycles. The zero-order chi connectivity index (χ0) is 20.9. The van der Waals surface area contributed by atoms with E-state index in [2.05, 4.69) is 41.3 Å². The van der Waals surface area contributed by atoms with Crippen molar-refractivity contribution in [2.45, 2.75) is 18.7 Å². The summed E-state index contributed by atoms with van der Waals surface area (Å²) in [5.41, 5.74) is 4.26. The molecule has 0 bridgehead atoms. The Morgan fingerprint density at radius 2 is 1.61 bits per heavy atom. The second-order valence-electron chi connectivity index (χ2n) is 8.07. The lowest BCUT2D eigenvalue weighted by Gasteiger charge is -2.46. The Bertz CT molecular complexity index is 1330. The van der Waals surface area contributed by atoms with Gasteiger partial charge < -0.3 is 4.74 Å². The molecular formula is C26H20N2O3. The van der Waals surface area contributed by atoms with Crippen molar-refractivity contribution in [1.82, 2.24) is 4.90 Å². The molecule has 0 aliphatic carbocycles. The highest BCUT2D eigenvalue weighted by Gasteiger charge is 2.43. The summed E-state index contributed by atoms with van der Waals surface area (Å²) in [7, 11) is 0. The van der Waals surface area contributed by atoms with Gasteiger partial charge in [0.2, 0.25) is 0 Å². The normalized spacial score (nSPS) is 19.7. The molecule has 6 rings (SSSR count). The Hall–Kier alpha value is -3.70. The Labute approximate surface area is 179 Å². The van der Waals surface area contributed by atoms with E-state index in [-0.39, 0.29) is 22.9 Å². The van der Waals surface area contributed by atoms with Gasteiger partial charge in [0.15, 0.2) is 6.23 Å². The van der Waals surface area contributed by atoms with Gasteiger partial charge in [0.25, 0.3) is 5.69 Å². The molecule has 0 radical (unpaired) electrons. The van der Waals surface area contributed by atoms with E-state index in [1.807, 2.05) is 36.4 Å². The van der Waals surface area contributed by atoms with Crippen LogP contribution in [0.15, 0.2) is 84.9 Å². The van der Waals surface area contributed by atoms with Crippen LogP contribution in [-0.4, -0.2) is 16.4 Å².